The first kappa shape index (κ1) is 35.7. The van der Waals surface area contributed by atoms with Crippen molar-refractivity contribution in [3.8, 4) is 56.3 Å². The second-order valence-corrected chi connectivity index (χ2v) is 17.4. The van der Waals surface area contributed by atoms with Crippen LogP contribution in [0.3, 0.4) is 0 Å². The number of benzene rings is 9. The lowest BCUT2D eigenvalue weighted by Gasteiger charge is -2.22. The summed E-state index contributed by atoms with van der Waals surface area (Å²) in [4.78, 5) is 10.8. The number of fused-ring (bicyclic) bond motifs is 10. The van der Waals surface area contributed by atoms with Crippen LogP contribution < -0.4 is 0 Å². The lowest BCUT2D eigenvalue weighted by atomic mass is 9.82. The number of hydrogen-bond donors (Lipinski definition) is 0. The lowest BCUT2D eigenvalue weighted by Crippen LogP contribution is -2.15. The summed E-state index contributed by atoms with van der Waals surface area (Å²) in [6.45, 7) is 4.71. The van der Waals surface area contributed by atoms with Crippen molar-refractivity contribution in [2.45, 2.75) is 19.3 Å². The average Bonchev–Trinajstić information content (AvgIpc) is 3.94. The summed E-state index contributed by atoms with van der Waals surface area (Å²) in [5.74, 6) is 0.724. The molecule has 0 saturated carbocycles. The minimum atomic E-state index is -0.238. The van der Waals surface area contributed by atoms with Gasteiger partial charge in [0.15, 0.2) is 5.82 Å². The smallest absolute Gasteiger partial charge is 0.160 e. The van der Waals surface area contributed by atoms with Crippen molar-refractivity contribution < 1.29 is 0 Å². The Kier molecular flexibility index (Phi) is 7.62. The highest BCUT2D eigenvalue weighted by atomic mass is 15.0. The Labute approximate surface area is 365 Å². The highest BCUT2D eigenvalue weighted by Crippen LogP contribution is 2.52. The van der Waals surface area contributed by atoms with Gasteiger partial charge in [-0.3, -0.25) is 0 Å². The molecule has 4 nitrogen and oxygen atoms in total. The van der Waals surface area contributed by atoms with Gasteiger partial charge in [0.1, 0.15) is 0 Å². The molecule has 0 atom stereocenters. The van der Waals surface area contributed by atoms with E-state index in [1.54, 1.807) is 0 Å². The molecule has 0 saturated heterocycles. The van der Waals surface area contributed by atoms with Crippen LogP contribution in [0.2, 0.25) is 0 Å². The van der Waals surface area contributed by atoms with Crippen molar-refractivity contribution in [1.29, 1.82) is 0 Å². The maximum atomic E-state index is 5.43. The van der Waals surface area contributed by atoms with Gasteiger partial charge in [0.25, 0.3) is 0 Å². The van der Waals surface area contributed by atoms with E-state index in [9.17, 15) is 0 Å². The third-order valence-corrected chi connectivity index (χ3v) is 13.5. The summed E-state index contributed by atoms with van der Waals surface area (Å²) in [5.41, 5.74) is 18.3. The SMILES string of the molecule is CC1(C)c2cc(-c3nc(-c4ccccc4)c4cc(-c5ccc6c(c5)c5ccccc5n6-c5ccccc5)ccc4n3)ccc2-c2c(-n3c4ccccc4c4ccccc43)cccc21. The van der Waals surface area contributed by atoms with Crippen LogP contribution in [0.15, 0.2) is 206 Å². The van der Waals surface area contributed by atoms with Crippen molar-refractivity contribution in [2.75, 3.05) is 0 Å². The molecule has 63 heavy (non-hydrogen) atoms. The number of para-hydroxylation sites is 4. The molecule has 1 aliphatic rings. The fraction of sp³-hybridized carbons (Fsp3) is 0.0508. The van der Waals surface area contributed by atoms with Crippen LogP contribution in [0.25, 0.3) is 111 Å². The van der Waals surface area contributed by atoms with E-state index in [0.717, 1.165) is 50.4 Å². The highest BCUT2D eigenvalue weighted by molar-refractivity contribution is 6.12. The number of nitrogens with zero attached hydrogens (tertiary/aromatic N) is 4. The van der Waals surface area contributed by atoms with Gasteiger partial charge in [-0.05, 0) is 94.5 Å². The van der Waals surface area contributed by atoms with E-state index >= 15 is 0 Å². The molecule has 0 bridgehead atoms. The molecule has 3 aromatic heterocycles. The van der Waals surface area contributed by atoms with E-state index in [0.29, 0.717) is 0 Å². The normalized spacial score (nSPS) is 13.0. The van der Waals surface area contributed by atoms with Gasteiger partial charge in [-0.1, -0.05) is 153 Å². The predicted molar refractivity (Wildman–Crippen MR) is 262 cm³/mol. The molecule has 12 aromatic rings. The standard InChI is InChI=1S/C59H40N4/c1-59(2)48-23-15-27-55(63-52-25-13-9-20-42(52)43-21-10-14-26-53(43)63)56(48)45-31-28-40(36-49(45)59)58-60-50-32-29-38(35-47(50)57(61-58)37-16-5-3-6-17-37)39-30-33-54-46(34-39)44-22-11-12-24-51(44)62(54)41-18-7-4-8-19-41/h3-36H,1-2H3. The van der Waals surface area contributed by atoms with Crippen LogP contribution in [-0.2, 0) is 5.41 Å². The van der Waals surface area contributed by atoms with Gasteiger partial charge in [-0.25, -0.2) is 9.97 Å². The summed E-state index contributed by atoms with van der Waals surface area (Å²) in [7, 11) is 0. The quantitative estimate of drug-likeness (QED) is 0.174. The van der Waals surface area contributed by atoms with E-state index in [2.05, 4.69) is 229 Å². The minimum absolute atomic E-state index is 0.238. The predicted octanol–water partition coefficient (Wildman–Crippen LogP) is 15.1. The second kappa shape index (κ2) is 13.5. The van der Waals surface area contributed by atoms with Crippen molar-refractivity contribution in [2.24, 2.45) is 0 Å². The van der Waals surface area contributed by atoms with Crippen molar-refractivity contribution >= 4 is 54.5 Å². The minimum Gasteiger partial charge on any atom is -0.309 e. The Bertz CT molecular complexity index is 3760. The largest absolute Gasteiger partial charge is 0.309 e. The van der Waals surface area contributed by atoms with Crippen LogP contribution >= 0.6 is 0 Å². The maximum absolute atomic E-state index is 5.43. The monoisotopic (exact) mass is 804 g/mol. The first-order valence-corrected chi connectivity index (χ1v) is 21.7. The zero-order chi connectivity index (χ0) is 41.8. The van der Waals surface area contributed by atoms with Gasteiger partial charge in [0.2, 0.25) is 0 Å². The molecule has 0 fully saturated rings. The van der Waals surface area contributed by atoms with Gasteiger partial charge >= 0.3 is 0 Å². The van der Waals surface area contributed by atoms with Crippen LogP contribution in [0.5, 0.6) is 0 Å². The summed E-state index contributed by atoms with van der Waals surface area (Å²) < 4.78 is 4.82. The Morgan fingerprint density at radius 2 is 0.952 bits per heavy atom. The molecule has 0 spiro atoms. The third kappa shape index (κ3) is 5.28. The first-order chi connectivity index (χ1) is 31.0. The van der Waals surface area contributed by atoms with Crippen molar-refractivity contribution in [1.82, 2.24) is 19.1 Å². The fourth-order valence-corrected chi connectivity index (χ4v) is 10.5. The number of hydrogen-bond acceptors (Lipinski definition) is 2. The molecular weight excluding hydrogens is 765 g/mol. The molecular formula is C59H40N4. The van der Waals surface area contributed by atoms with Crippen LogP contribution in [-0.4, -0.2) is 19.1 Å². The molecule has 9 aromatic carbocycles. The van der Waals surface area contributed by atoms with Gasteiger partial charge in [0, 0.05) is 54.7 Å². The molecule has 0 radical (unpaired) electrons. The van der Waals surface area contributed by atoms with E-state index in [4.69, 9.17) is 9.97 Å². The second-order valence-electron chi connectivity index (χ2n) is 17.4. The molecule has 0 unspecified atom stereocenters. The zero-order valence-corrected chi connectivity index (χ0v) is 34.9. The topological polar surface area (TPSA) is 35.6 Å². The van der Waals surface area contributed by atoms with Gasteiger partial charge in [-0.15, -0.1) is 0 Å². The summed E-state index contributed by atoms with van der Waals surface area (Å²) in [6.07, 6.45) is 0. The molecule has 1 aliphatic carbocycles. The molecule has 0 amide bonds. The van der Waals surface area contributed by atoms with E-state index in [1.165, 1.54) is 71.6 Å². The molecule has 4 heteroatoms. The summed E-state index contributed by atoms with van der Waals surface area (Å²) in [5, 5.41) is 6.02. The lowest BCUT2D eigenvalue weighted by molar-refractivity contribution is 0.660. The van der Waals surface area contributed by atoms with Crippen LogP contribution in [0, 0.1) is 0 Å². The molecule has 0 N–H and O–H groups in total. The summed E-state index contributed by atoms with van der Waals surface area (Å²) in [6, 6.07) is 74.6. The van der Waals surface area contributed by atoms with E-state index < -0.39 is 0 Å². The van der Waals surface area contributed by atoms with Crippen LogP contribution in [0.1, 0.15) is 25.0 Å². The maximum Gasteiger partial charge on any atom is 0.160 e. The Morgan fingerprint density at radius 3 is 1.67 bits per heavy atom. The summed E-state index contributed by atoms with van der Waals surface area (Å²) >= 11 is 0. The highest BCUT2D eigenvalue weighted by Gasteiger charge is 2.38. The molecule has 13 rings (SSSR count). The van der Waals surface area contributed by atoms with E-state index in [1.807, 2.05) is 0 Å². The van der Waals surface area contributed by atoms with Crippen LogP contribution in [0.4, 0.5) is 0 Å². The first-order valence-electron chi connectivity index (χ1n) is 21.7. The Morgan fingerprint density at radius 1 is 0.381 bits per heavy atom. The van der Waals surface area contributed by atoms with Crippen molar-refractivity contribution in [3.05, 3.63) is 217 Å². The molecule has 3 heterocycles. The zero-order valence-electron chi connectivity index (χ0n) is 34.9. The van der Waals surface area contributed by atoms with Gasteiger partial charge in [-0.2, -0.15) is 0 Å². The fourth-order valence-electron chi connectivity index (χ4n) is 10.5. The van der Waals surface area contributed by atoms with Gasteiger partial charge in [0.05, 0.1) is 39.0 Å². The average molecular weight is 805 g/mol. The molecule has 296 valence electrons. The Hall–Kier alpha value is -8.08. The van der Waals surface area contributed by atoms with Crippen molar-refractivity contribution in [3.63, 3.8) is 0 Å². The van der Waals surface area contributed by atoms with Gasteiger partial charge < -0.3 is 9.13 Å². The number of aromatic nitrogens is 4. The number of rotatable bonds is 5. The Balaban J connectivity index is 0.953. The van der Waals surface area contributed by atoms with E-state index in [-0.39, 0.29) is 5.41 Å². The molecule has 0 aliphatic heterocycles. The third-order valence-electron chi connectivity index (χ3n) is 13.5.